The highest BCUT2D eigenvalue weighted by atomic mass is 16.3. The van der Waals surface area contributed by atoms with Crippen LogP contribution in [0.3, 0.4) is 0 Å². The van der Waals surface area contributed by atoms with Gasteiger partial charge in [-0.2, -0.15) is 0 Å². The van der Waals surface area contributed by atoms with Gasteiger partial charge >= 0.3 is 0 Å². The van der Waals surface area contributed by atoms with Crippen LogP contribution in [0.2, 0.25) is 0 Å². The fraction of sp³-hybridized carbons (Fsp3) is 0.392. The maximum absolute atomic E-state index is 11.2. The van der Waals surface area contributed by atoms with E-state index in [2.05, 4.69) is 143 Å². The Balaban J connectivity index is 1.52. The summed E-state index contributed by atoms with van der Waals surface area (Å²) >= 11 is 0. The van der Waals surface area contributed by atoms with Crippen molar-refractivity contribution in [2.45, 2.75) is 131 Å². The Morgan fingerprint density at radius 2 is 1.18 bits per heavy atom. The molecule has 0 aliphatic carbocycles. The Bertz CT molecular complexity index is 2390. The molecule has 0 fully saturated rings. The van der Waals surface area contributed by atoms with Gasteiger partial charge in [0.05, 0.1) is 52.2 Å². The van der Waals surface area contributed by atoms with Crippen LogP contribution in [-0.4, -0.2) is 38.4 Å². The van der Waals surface area contributed by atoms with Gasteiger partial charge in [-0.05, 0) is 111 Å². The first-order valence-electron chi connectivity index (χ1n) is 20.4. The topological polar surface area (TPSA) is 93.3 Å². The van der Waals surface area contributed by atoms with Crippen molar-refractivity contribution >= 4 is 34.4 Å². The zero-order valence-electron chi connectivity index (χ0n) is 36.2. The number of aromatic nitrogens is 1. The number of rotatable bonds is 3. The van der Waals surface area contributed by atoms with Crippen LogP contribution in [-0.2, 0) is 21.7 Å². The van der Waals surface area contributed by atoms with Gasteiger partial charge in [0.2, 0.25) is 0 Å². The molecular weight excluding hydrogens is 701 g/mol. The van der Waals surface area contributed by atoms with Crippen molar-refractivity contribution in [3.05, 3.63) is 146 Å². The molecule has 1 atom stereocenters. The summed E-state index contributed by atoms with van der Waals surface area (Å²) in [5.41, 5.74) is 16.5. The normalized spacial score (nSPS) is 18.9. The number of allylic oxidation sites excluding steroid dienone is 6. The number of aliphatic hydroxyl groups excluding tert-OH is 2. The molecule has 0 saturated heterocycles. The molecule has 0 radical (unpaired) electrons. The average molecular weight is 761 g/mol. The molecule has 6 heteroatoms. The Morgan fingerprint density at radius 3 is 1.68 bits per heavy atom. The highest BCUT2D eigenvalue weighted by Crippen LogP contribution is 2.41. The van der Waals surface area contributed by atoms with E-state index in [9.17, 15) is 10.2 Å². The van der Waals surface area contributed by atoms with Crippen LogP contribution < -0.4 is 0 Å². The van der Waals surface area contributed by atoms with E-state index in [1.807, 2.05) is 18.2 Å². The van der Waals surface area contributed by atoms with Crippen LogP contribution in [0, 0.1) is 0 Å². The standard InChI is InChI=1S/C51H60N4O2/c1-29(57)37-27-45-47(31-22-34(50(8,9)10)25-35(23-31)51(11,12)13)43-19-17-40(54-43)38(28-56)39-16-18-42(53-39)46(41-15-14-36(52-41)26-44(37)55-45)30-20-32(48(2,3)4)24-33(21-30)49(5,6)7/h14-16,18,20-29,52,56-57H,17,19H2,1-13H3. The number of hydrogen-bond donors (Lipinski definition) is 3. The largest absolute Gasteiger partial charge is 0.515 e. The third kappa shape index (κ3) is 7.94. The maximum atomic E-state index is 11.2. The molecule has 0 amide bonds. The van der Waals surface area contributed by atoms with Gasteiger partial charge in [0.25, 0.3) is 0 Å². The van der Waals surface area contributed by atoms with Crippen molar-refractivity contribution in [2.24, 2.45) is 15.0 Å². The fourth-order valence-electron chi connectivity index (χ4n) is 7.82. The van der Waals surface area contributed by atoms with Crippen LogP contribution in [0.15, 0.2) is 116 Å². The van der Waals surface area contributed by atoms with Gasteiger partial charge in [-0.25, -0.2) is 9.98 Å². The van der Waals surface area contributed by atoms with Crippen molar-refractivity contribution in [3.8, 4) is 0 Å². The predicted molar refractivity (Wildman–Crippen MR) is 241 cm³/mol. The van der Waals surface area contributed by atoms with Gasteiger partial charge in [0.15, 0.2) is 0 Å². The molecule has 296 valence electrons. The number of aliphatic imine (C=N–C) groups is 3. The lowest BCUT2D eigenvalue weighted by molar-refractivity contribution is 0.234. The summed E-state index contributed by atoms with van der Waals surface area (Å²) in [5, 5.41) is 22.1. The van der Waals surface area contributed by atoms with E-state index in [4.69, 9.17) is 15.0 Å². The predicted octanol–water partition coefficient (Wildman–Crippen LogP) is 12.2. The third-order valence-electron chi connectivity index (χ3n) is 11.5. The van der Waals surface area contributed by atoms with Gasteiger partial charge in [-0.1, -0.05) is 119 Å². The van der Waals surface area contributed by atoms with E-state index < -0.39 is 6.10 Å². The molecule has 57 heavy (non-hydrogen) atoms. The van der Waals surface area contributed by atoms with Gasteiger partial charge in [0, 0.05) is 28.1 Å². The van der Waals surface area contributed by atoms with E-state index in [0.717, 1.165) is 62.1 Å². The average Bonchev–Trinajstić information content (AvgIpc) is 3.93. The SMILES string of the molecule is CC(O)C1=CC2=NC1=Cc1ccc([nH]1)C(c1cc(C(C)(C)C)cc(C(C)(C)C)c1)=C1C=CC(=N1)C(=CO)C1=NC(=C2c2cc(C(C)(C)C)cc(C(C)(C)C)c2)CC1. The van der Waals surface area contributed by atoms with E-state index in [-0.39, 0.29) is 21.7 Å². The van der Waals surface area contributed by atoms with E-state index in [1.54, 1.807) is 6.92 Å². The Morgan fingerprint density at radius 1 is 0.632 bits per heavy atom. The summed E-state index contributed by atoms with van der Waals surface area (Å²) in [5.74, 6) is 0. The monoisotopic (exact) mass is 760 g/mol. The summed E-state index contributed by atoms with van der Waals surface area (Å²) in [4.78, 5) is 19.6. The molecule has 2 aromatic carbocycles. The summed E-state index contributed by atoms with van der Waals surface area (Å²) in [6, 6.07) is 18.0. The summed E-state index contributed by atoms with van der Waals surface area (Å²) in [6.45, 7) is 28.8. The van der Waals surface area contributed by atoms with Crippen molar-refractivity contribution in [3.63, 3.8) is 0 Å². The third-order valence-corrected chi connectivity index (χ3v) is 11.5. The molecule has 1 aromatic heterocycles. The van der Waals surface area contributed by atoms with Crippen LogP contribution in [0.5, 0.6) is 0 Å². The van der Waals surface area contributed by atoms with Crippen LogP contribution in [0.1, 0.15) is 148 Å². The molecule has 4 aliphatic rings. The number of H-pyrrole nitrogens is 1. The van der Waals surface area contributed by atoms with Crippen molar-refractivity contribution in [1.29, 1.82) is 0 Å². The molecule has 3 aromatic rings. The maximum Gasteiger partial charge on any atom is 0.0904 e. The van der Waals surface area contributed by atoms with Crippen LogP contribution in [0.4, 0.5) is 0 Å². The van der Waals surface area contributed by atoms with Crippen molar-refractivity contribution in [1.82, 2.24) is 4.98 Å². The first kappa shape index (κ1) is 40.1. The second-order valence-corrected chi connectivity index (χ2v) is 20.2. The highest BCUT2D eigenvalue weighted by molar-refractivity contribution is 6.34. The van der Waals surface area contributed by atoms with E-state index in [0.29, 0.717) is 29.8 Å². The van der Waals surface area contributed by atoms with Crippen molar-refractivity contribution in [2.75, 3.05) is 0 Å². The highest BCUT2D eigenvalue weighted by Gasteiger charge is 2.31. The van der Waals surface area contributed by atoms with Gasteiger partial charge in [0.1, 0.15) is 0 Å². The van der Waals surface area contributed by atoms with Gasteiger partial charge in [-0.3, -0.25) is 4.99 Å². The minimum Gasteiger partial charge on any atom is -0.515 e. The molecule has 4 aliphatic heterocycles. The fourth-order valence-corrected chi connectivity index (χ4v) is 7.82. The summed E-state index contributed by atoms with van der Waals surface area (Å²) < 4.78 is 0. The van der Waals surface area contributed by atoms with Crippen molar-refractivity contribution < 1.29 is 10.2 Å². The molecule has 7 rings (SSSR count). The Labute approximate surface area is 340 Å². The quantitative estimate of drug-likeness (QED) is 0.232. The van der Waals surface area contributed by atoms with Crippen LogP contribution >= 0.6 is 0 Å². The molecule has 3 N–H and O–H groups in total. The zero-order chi connectivity index (χ0) is 41.4. The lowest BCUT2D eigenvalue weighted by Gasteiger charge is -2.27. The number of hydrogen-bond acceptors (Lipinski definition) is 5. The molecule has 0 spiro atoms. The molecule has 1 unspecified atom stereocenters. The van der Waals surface area contributed by atoms with Gasteiger partial charge in [-0.15, -0.1) is 0 Å². The zero-order valence-corrected chi connectivity index (χ0v) is 36.2. The summed E-state index contributed by atoms with van der Waals surface area (Å²) in [6.07, 6.45) is 9.85. The first-order valence-corrected chi connectivity index (χ1v) is 20.4. The second kappa shape index (κ2) is 14.1. The second-order valence-electron chi connectivity index (χ2n) is 20.2. The Kier molecular flexibility index (Phi) is 9.92. The van der Waals surface area contributed by atoms with E-state index >= 15 is 0 Å². The molecule has 6 nitrogen and oxygen atoms in total. The molecule has 5 heterocycles. The number of benzene rings is 2. The molecular formula is C51H60N4O2. The number of nitrogens with one attached hydrogen (secondary N) is 1. The number of nitrogens with zero attached hydrogens (tertiary/aromatic N) is 3. The minimum atomic E-state index is -0.748. The number of fused-ring (bicyclic) bond motifs is 5. The number of aromatic amines is 1. The van der Waals surface area contributed by atoms with Crippen LogP contribution in [0.25, 0.3) is 17.2 Å². The first-order chi connectivity index (χ1) is 26.5. The molecule has 8 bridgehead atoms. The smallest absolute Gasteiger partial charge is 0.0904 e. The lowest BCUT2D eigenvalue weighted by atomic mass is 9.78. The summed E-state index contributed by atoms with van der Waals surface area (Å²) in [7, 11) is 0. The molecule has 0 saturated carbocycles. The van der Waals surface area contributed by atoms with E-state index in [1.165, 1.54) is 28.5 Å². The Hall–Kier alpha value is -5.07. The number of aliphatic hydroxyl groups is 2. The lowest BCUT2D eigenvalue weighted by Crippen LogP contribution is -2.17. The minimum absolute atomic E-state index is 0.0768. The van der Waals surface area contributed by atoms with Gasteiger partial charge < -0.3 is 15.2 Å².